The summed E-state index contributed by atoms with van der Waals surface area (Å²) >= 11 is 0. The molecular formula is C11H15LiN2O3. The van der Waals surface area contributed by atoms with Crippen molar-refractivity contribution in [3.05, 3.63) is 29.6 Å². The summed E-state index contributed by atoms with van der Waals surface area (Å²) in [5.41, 5.74) is 1.12. The second kappa shape index (κ2) is 6.77. The van der Waals surface area contributed by atoms with Gasteiger partial charge in [0.2, 0.25) is 0 Å². The molecule has 0 saturated carbocycles. The Morgan fingerprint density at radius 2 is 2.12 bits per heavy atom. The van der Waals surface area contributed by atoms with Crippen molar-refractivity contribution in [3.8, 4) is 0 Å². The molecule has 0 spiro atoms. The van der Waals surface area contributed by atoms with E-state index in [1.807, 2.05) is 0 Å². The zero-order valence-electron chi connectivity index (χ0n) is 8.93. The molecule has 0 amide bonds. The summed E-state index contributed by atoms with van der Waals surface area (Å²) in [5, 5.41) is 8.73. The van der Waals surface area contributed by atoms with Crippen LogP contribution in [0.4, 0.5) is 0 Å². The third-order valence-corrected chi connectivity index (χ3v) is 2.56. The van der Waals surface area contributed by atoms with Crippen LogP contribution in [0.1, 0.15) is 16.1 Å². The first-order valence-corrected chi connectivity index (χ1v) is 5.24. The monoisotopic (exact) mass is 230 g/mol. The van der Waals surface area contributed by atoms with E-state index in [9.17, 15) is 4.79 Å². The van der Waals surface area contributed by atoms with Crippen LogP contribution in [0.15, 0.2) is 18.3 Å². The number of morpholine rings is 1. The topological polar surface area (TPSA) is 62.7 Å². The Labute approximate surface area is 112 Å². The third kappa shape index (κ3) is 4.13. The normalized spacial score (nSPS) is 16.2. The number of hydrogen-bond donors (Lipinski definition) is 1. The van der Waals surface area contributed by atoms with E-state index in [-0.39, 0.29) is 24.4 Å². The number of aromatic carboxylic acids is 1. The minimum absolute atomic E-state index is 0. The van der Waals surface area contributed by atoms with Crippen LogP contribution in [0, 0.1) is 0 Å². The van der Waals surface area contributed by atoms with Crippen LogP contribution in [0.25, 0.3) is 0 Å². The van der Waals surface area contributed by atoms with Crippen LogP contribution < -0.4 is 0 Å². The number of carboxylic acids is 1. The van der Waals surface area contributed by atoms with Crippen molar-refractivity contribution in [2.24, 2.45) is 0 Å². The number of pyridine rings is 1. The number of nitrogens with zero attached hydrogens (tertiary/aromatic N) is 2. The molecule has 2 rings (SSSR count). The second-order valence-corrected chi connectivity index (χ2v) is 3.73. The fraction of sp³-hybridized carbons (Fsp3) is 0.455. The van der Waals surface area contributed by atoms with Crippen molar-refractivity contribution >= 4 is 24.8 Å². The van der Waals surface area contributed by atoms with Crippen molar-refractivity contribution in [2.75, 3.05) is 26.3 Å². The number of carboxylic acid groups (broad SMARTS) is 1. The van der Waals surface area contributed by atoms with E-state index in [0.717, 1.165) is 38.5 Å². The molecule has 1 N–H and O–H groups in total. The van der Waals surface area contributed by atoms with Gasteiger partial charge in [0.15, 0.2) is 0 Å². The van der Waals surface area contributed by atoms with Gasteiger partial charge in [-0.05, 0) is 12.1 Å². The van der Waals surface area contributed by atoms with Crippen LogP contribution >= 0.6 is 0 Å². The molecular weight excluding hydrogens is 215 g/mol. The maximum absolute atomic E-state index is 10.6. The molecule has 1 saturated heterocycles. The standard InChI is InChI=1S/C11H14N2O3.Li.H/c14-11(15)9-1-2-10(12-7-9)8-13-3-5-16-6-4-13;;/h1-2,7H,3-6,8H2,(H,14,15);;. The summed E-state index contributed by atoms with van der Waals surface area (Å²) < 4.78 is 5.25. The van der Waals surface area contributed by atoms with E-state index in [4.69, 9.17) is 9.84 Å². The van der Waals surface area contributed by atoms with Gasteiger partial charge in [0.1, 0.15) is 0 Å². The van der Waals surface area contributed by atoms with Crippen molar-refractivity contribution in [2.45, 2.75) is 6.54 Å². The maximum atomic E-state index is 10.6. The predicted octanol–water partition coefficient (Wildman–Crippen LogP) is -0.0365. The van der Waals surface area contributed by atoms with Crippen molar-refractivity contribution in [1.82, 2.24) is 9.88 Å². The Kier molecular flexibility index (Phi) is 5.66. The summed E-state index contributed by atoms with van der Waals surface area (Å²) in [4.78, 5) is 17.0. The van der Waals surface area contributed by atoms with Gasteiger partial charge in [-0.2, -0.15) is 0 Å². The molecule has 6 heteroatoms. The Balaban J connectivity index is 0.00000144. The minimum atomic E-state index is -0.939. The molecule has 1 aromatic heterocycles. The van der Waals surface area contributed by atoms with Gasteiger partial charge < -0.3 is 9.84 Å². The van der Waals surface area contributed by atoms with E-state index < -0.39 is 5.97 Å². The number of aromatic nitrogens is 1. The zero-order chi connectivity index (χ0) is 11.4. The molecule has 1 aliphatic heterocycles. The van der Waals surface area contributed by atoms with Gasteiger partial charge in [-0.3, -0.25) is 9.88 Å². The first-order valence-electron chi connectivity index (χ1n) is 5.24. The molecule has 0 aromatic carbocycles. The number of carbonyl (C=O) groups is 1. The molecule has 1 aromatic rings. The van der Waals surface area contributed by atoms with E-state index in [2.05, 4.69) is 9.88 Å². The van der Waals surface area contributed by atoms with E-state index in [0.29, 0.717) is 0 Å². The van der Waals surface area contributed by atoms with Crippen molar-refractivity contribution < 1.29 is 14.6 Å². The first kappa shape index (κ1) is 14.2. The third-order valence-electron chi connectivity index (χ3n) is 2.56. The van der Waals surface area contributed by atoms with Gasteiger partial charge in [0.25, 0.3) is 0 Å². The number of ether oxygens (including phenoxy) is 1. The summed E-state index contributed by atoms with van der Waals surface area (Å²) in [7, 11) is 0. The molecule has 0 bridgehead atoms. The summed E-state index contributed by atoms with van der Waals surface area (Å²) in [5.74, 6) is -0.939. The summed E-state index contributed by atoms with van der Waals surface area (Å²) in [6, 6.07) is 3.35. The molecule has 0 radical (unpaired) electrons. The molecule has 0 atom stereocenters. The molecule has 88 valence electrons. The average Bonchev–Trinajstić information content (AvgIpc) is 2.31. The zero-order valence-corrected chi connectivity index (χ0v) is 8.93. The predicted molar refractivity (Wildman–Crippen MR) is 64.4 cm³/mol. The Morgan fingerprint density at radius 1 is 1.41 bits per heavy atom. The Hall–Kier alpha value is -0.863. The number of rotatable bonds is 3. The van der Waals surface area contributed by atoms with Gasteiger partial charge in [0, 0.05) is 25.8 Å². The fourth-order valence-corrected chi connectivity index (χ4v) is 1.63. The van der Waals surface area contributed by atoms with Crippen molar-refractivity contribution in [1.29, 1.82) is 0 Å². The van der Waals surface area contributed by atoms with Gasteiger partial charge in [0.05, 0.1) is 24.5 Å². The molecule has 0 unspecified atom stereocenters. The first-order chi connectivity index (χ1) is 7.75. The Bertz CT molecular complexity index is 363. The van der Waals surface area contributed by atoms with Crippen LogP contribution in [0.2, 0.25) is 0 Å². The van der Waals surface area contributed by atoms with Crippen LogP contribution in [0.3, 0.4) is 0 Å². The number of hydrogen-bond acceptors (Lipinski definition) is 4. The van der Waals surface area contributed by atoms with Crippen LogP contribution in [0.5, 0.6) is 0 Å². The second-order valence-electron chi connectivity index (χ2n) is 3.73. The quantitative estimate of drug-likeness (QED) is 0.738. The molecule has 1 aliphatic rings. The van der Waals surface area contributed by atoms with Gasteiger partial charge in [-0.1, -0.05) is 0 Å². The fourth-order valence-electron chi connectivity index (χ4n) is 1.63. The van der Waals surface area contributed by atoms with E-state index >= 15 is 0 Å². The van der Waals surface area contributed by atoms with Gasteiger partial charge in [-0.25, -0.2) is 4.79 Å². The van der Waals surface area contributed by atoms with E-state index in [1.165, 1.54) is 6.20 Å². The molecule has 1 fully saturated rings. The molecule has 2 heterocycles. The van der Waals surface area contributed by atoms with Crippen LogP contribution in [-0.2, 0) is 11.3 Å². The van der Waals surface area contributed by atoms with Gasteiger partial charge >= 0.3 is 24.8 Å². The summed E-state index contributed by atoms with van der Waals surface area (Å²) in [6.07, 6.45) is 1.40. The molecule has 17 heavy (non-hydrogen) atoms. The SMILES string of the molecule is O=C(O)c1ccc(CN2CCOCC2)nc1.[LiH]. The molecule has 0 aliphatic carbocycles. The van der Waals surface area contributed by atoms with Crippen molar-refractivity contribution in [3.63, 3.8) is 0 Å². The molecule has 5 nitrogen and oxygen atoms in total. The van der Waals surface area contributed by atoms with Crippen LogP contribution in [-0.4, -0.2) is 66.1 Å². The Morgan fingerprint density at radius 3 is 2.65 bits per heavy atom. The van der Waals surface area contributed by atoms with E-state index in [1.54, 1.807) is 12.1 Å². The van der Waals surface area contributed by atoms with Gasteiger partial charge in [-0.15, -0.1) is 0 Å². The average molecular weight is 230 g/mol. The summed E-state index contributed by atoms with van der Waals surface area (Å²) in [6.45, 7) is 4.08.